The molecule has 100 valence electrons. The number of likely N-dealkylation sites (tertiary alicyclic amines) is 1. The Morgan fingerprint density at radius 3 is 2.82 bits per heavy atom. The maximum absolute atomic E-state index is 12.0. The molecule has 0 bridgehead atoms. The lowest BCUT2D eigenvalue weighted by Gasteiger charge is -2.32. The number of nitrogens with zero attached hydrogens (tertiary/aromatic N) is 1. The Kier molecular flexibility index (Phi) is 5.25. The van der Waals surface area contributed by atoms with Gasteiger partial charge in [-0.05, 0) is 39.5 Å². The summed E-state index contributed by atoms with van der Waals surface area (Å²) in [6, 6.07) is 0.0457. The van der Waals surface area contributed by atoms with Gasteiger partial charge < -0.3 is 15.0 Å². The average molecular weight is 242 g/mol. The second kappa shape index (κ2) is 6.24. The zero-order valence-electron chi connectivity index (χ0n) is 11.6. The number of amides is 2. The first kappa shape index (κ1) is 14.3. The molecule has 0 aromatic carbocycles. The zero-order valence-corrected chi connectivity index (χ0v) is 11.6. The molecular weight excluding hydrogens is 216 g/mol. The van der Waals surface area contributed by atoms with Gasteiger partial charge in [0.05, 0.1) is 5.60 Å². The molecule has 1 N–H and O–H groups in total. The molecule has 1 unspecified atom stereocenters. The number of urea groups is 1. The summed E-state index contributed by atoms with van der Waals surface area (Å²) < 4.78 is 5.55. The monoisotopic (exact) mass is 242 g/mol. The summed E-state index contributed by atoms with van der Waals surface area (Å²) in [6.07, 6.45) is 2.34. The fourth-order valence-electron chi connectivity index (χ4n) is 2.22. The van der Waals surface area contributed by atoms with Gasteiger partial charge in [-0.25, -0.2) is 4.79 Å². The number of nitrogens with one attached hydrogen (secondary N) is 1. The summed E-state index contributed by atoms with van der Waals surface area (Å²) in [5, 5.41) is 2.96. The smallest absolute Gasteiger partial charge is 0.317 e. The van der Waals surface area contributed by atoms with Gasteiger partial charge in [0, 0.05) is 26.2 Å². The SMILES string of the molecule is CCOC(C)(C)CNC(=O)N1CCCC(C)C1. The Bertz CT molecular complexity index is 254. The number of hydrogen-bond acceptors (Lipinski definition) is 2. The highest BCUT2D eigenvalue weighted by atomic mass is 16.5. The molecule has 0 aromatic heterocycles. The standard InChI is InChI=1S/C13H26N2O2/c1-5-17-13(3,4)10-14-12(16)15-8-6-7-11(2)9-15/h11H,5-10H2,1-4H3,(H,14,16). The second-order valence-corrected chi connectivity index (χ2v) is 5.54. The largest absolute Gasteiger partial charge is 0.374 e. The van der Waals surface area contributed by atoms with E-state index in [4.69, 9.17) is 4.74 Å². The van der Waals surface area contributed by atoms with E-state index in [2.05, 4.69) is 12.2 Å². The van der Waals surface area contributed by atoms with E-state index in [9.17, 15) is 4.79 Å². The number of ether oxygens (including phenoxy) is 1. The normalized spacial score (nSPS) is 21.4. The van der Waals surface area contributed by atoms with Crippen molar-refractivity contribution in [3.8, 4) is 0 Å². The minimum absolute atomic E-state index is 0.0457. The molecule has 1 saturated heterocycles. The van der Waals surface area contributed by atoms with Crippen LogP contribution in [-0.4, -0.2) is 42.8 Å². The maximum Gasteiger partial charge on any atom is 0.317 e. The highest BCUT2D eigenvalue weighted by Gasteiger charge is 2.23. The predicted octanol–water partition coefficient (Wildman–Crippen LogP) is 2.24. The Hall–Kier alpha value is -0.770. The van der Waals surface area contributed by atoms with Crippen LogP contribution in [0, 0.1) is 5.92 Å². The summed E-state index contributed by atoms with van der Waals surface area (Å²) in [5.74, 6) is 0.620. The van der Waals surface area contributed by atoms with Gasteiger partial charge in [-0.2, -0.15) is 0 Å². The molecule has 0 aromatic rings. The molecule has 4 heteroatoms. The van der Waals surface area contributed by atoms with Gasteiger partial charge >= 0.3 is 6.03 Å². The van der Waals surface area contributed by atoms with Crippen molar-refractivity contribution in [2.75, 3.05) is 26.2 Å². The molecule has 17 heavy (non-hydrogen) atoms. The van der Waals surface area contributed by atoms with Crippen LogP contribution in [0.1, 0.15) is 40.5 Å². The molecule has 1 aliphatic rings. The summed E-state index contributed by atoms with van der Waals surface area (Å²) >= 11 is 0. The summed E-state index contributed by atoms with van der Waals surface area (Å²) in [5.41, 5.74) is -0.286. The first-order valence-corrected chi connectivity index (χ1v) is 6.61. The van der Waals surface area contributed by atoms with E-state index in [-0.39, 0.29) is 11.6 Å². The summed E-state index contributed by atoms with van der Waals surface area (Å²) in [6.45, 7) is 11.1. The fraction of sp³-hybridized carbons (Fsp3) is 0.923. The molecular formula is C13H26N2O2. The minimum Gasteiger partial charge on any atom is -0.374 e. The van der Waals surface area contributed by atoms with E-state index < -0.39 is 0 Å². The lowest BCUT2D eigenvalue weighted by molar-refractivity contribution is -0.00784. The van der Waals surface area contributed by atoms with Gasteiger partial charge in [0.2, 0.25) is 0 Å². The first-order valence-electron chi connectivity index (χ1n) is 6.61. The molecule has 0 saturated carbocycles. The molecule has 2 amide bonds. The van der Waals surface area contributed by atoms with Crippen molar-refractivity contribution in [2.45, 2.75) is 46.1 Å². The predicted molar refractivity (Wildman–Crippen MR) is 69.1 cm³/mol. The Morgan fingerprint density at radius 2 is 2.24 bits per heavy atom. The van der Waals surface area contributed by atoms with Crippen LogP contribution < -0.4 is 5.32 Å². The third-order valence-corrected chi connectivity index (χ3v) is 3.14. The van der Waals surface area contributed by atoms with Crippen LogP contribution in [0.15, 0.2) is 0 Å². The first-order chi connectivity index (χ1) is 7.94. The van der Waals surface area contributed by atoms with Crippen LogP contribution in [0.25, 0.3) is 0 Å². The molecule has 1 fully saturated rings. The lowest BCUT2D eigenvalue weighted by atomic mass is 10.0. The van der Waals surface area contributed by atoms with Crippen molar-refractivity contribution in [3.63, 3.8) is 0 Å². The molecule has 1 rings (SSSR count). The molecule has 1 heterocycles. The van der Waals surface area contributed by atoms with Gasteiger partial charge in [-0.3, -0.25) is 0 Å². The average Bonchev–Trinajstić information content (AvgIpc) is 2.26. The number of carbonyl (C=O) groups is 1. The van der Waals surface area contributed by atoms with Gasteiger partial charge in [-0.1, -0.05) is 6.92 Å². The van der Waals surface area contributed by atoms with Crippen molar-refractivity contribution in [1.82, 2.24) is 10.2 Å². The molecule has 4 nitrogen and oxygen atoms in total. The van der Waals surface area contributed by atoms with E-state index in [1.165, 1.54) is 6.42 Å². The third-order valence-electron chi connectivity index (χ3n) is 3.14. The zero-order chi connectivity index (χ0) is 12.9. The Morgan fingerprint density at radius 1 is 1.53 bits per heavy atom. The van der Waals surface area contributed by atoms with Crippen LogP contribution in [0.2, 0.25) is 0 Å². The molecule has 1 aliphatic heterocycles. The molecule has 1 atom stereocenters. The summed E-state index contributed by atoms with van der Waals surface area (Å²) in [7, 11) is 0. The van der Waals surface area contributed by atoms with E-state index in [0.29, 0.717) is 19.1 Å². The van der Waals surface area contributed by atoms with Crippen molar-refractivity contribution in [2.24, 2.45) is 5.92 Å². The van der Waals surface area contributed by atoms with Crippen molar-refractivity contribution in [3.05, 3.63) is 0 Å². The van der Waals surface area contributed by atoms with Crippen LogP contribution >= 0.6 is 0 Å². The van der Waals surface area contributed by atoms with Crippen LogP contribution in [0.3, 0.4) is 0 Å². The quantitative estimate of drug-likeness (QED) is 0.821. The molecule has 0 spiro atoms. The van der Waals surface area contributed by atoms with Crippen molar-refractivity contribution >= 4 is 6.03 Å². The Labute approximate surface area is 105 Å². The van der Waals surface area contributed by atoms with Crippen LogP contribution in [-0.2, 0) is 4.74 Å². The van der Waals surface area contributed by atoms with Gasteiger partial charge in [0.15, 0.2) is 0 Å². The number of rotatable bonds is 4. The summed E-state index contributed by atoms with van der Waals surface area (Å²) in [4.78, 5) is 13.9. The third kappa shape index (κ3) is 4.94. The van der Waals surface area contributed by atoms with Crippen molar-refractivity contribution in [1.29, 1.82) is 0 Å². The van der Waals surface area contributed by atoms with Gasteiger partial charge in [0.1, 0.15) is 0 Å². The second-order valence-electron chi connectivity index (χ2n) is 5.54. The van der Waals surface area contributed by atoms with E-state index in [1.807, 2.05) is 25.7 Å². The highest BCUT2D eigenvalue weighted by molar-refractivity contribution is 5.74. The maximum atomic E-state index is 12.0. The molecule has 0 aliphatic carbocycles. The van der Waals surface area contributed by atoms with E-state index >= 15 is 0 Å². The minimum atomic E-state index is -0.286. The van der Waals surface area contributed by atoms with Gasteiger partial charge in [-0.15, -0.1) is 0 Å². The number of piperidine rings is 1. The van der Waals surface area contributed by atoms with Gasteiger partial charge in [0.25, 0.3) is 0 Å². The number of carbonyl (C=O) groups excluding carboxylic acids is 1. The van der Waals surface area contributed by atoms with E-state index in [0.717, 1.165) is 19.5 Å². The van der Waals surface area contributed by atoms with Crippen LogP contribution in [0.5, 0.6) is 0 Å². The molecule has 0 radical (unpaired) electrons. The lowest BCUT2D eigenvalue weighted by Crippen LogP contribution is -2.49. The van der Waals surface area contributed by atoms with Crippen molar-refractivity contribution < 1.29 is 9.53 Å². The highest BCUT2D eigenvalue weighted by Crippen LogP contribution is 2.15. The topological polar surface area (TPSA) is 41.6 Å². The Balaban J connectivity index is 2.33. The fourth-order valence-corrected chi connectivity index (χ4v) is 2.22. The van der Waals surface area contributed by atoms with Crippen LogP contribution in [0.4, 0.5) is 4.79 Å². The van der Waals surface area contributed by atoms with E-state index in [1.54, 1.807) is 0 Å². The number of hydrogen-bond donors (Lipinski definition) is 1.